The van der Waals surface area contributed by atoms with Crippen molar-refractivity contribution >= 4 is 11.5 Å². The standard InChI is InChI=1S/C8H11N.C3H6O.C2H6/c1-2-7-5-3-4-6-8(7)9;1-3(2)4;1-2/h3-6H,2,9H2,1H3;1-2H3;1-2H3. The Kier molecular flexibility index (Phi) is 11.6. The smallest absolute Gasteiger partial charge is 0.126 e. The Bertz CT molecular complexity index is 265. The van der Waals surface area contributed by atoms with E-state index in [-0.39, 0.29) is 5.78 Å². The normalized spacial score (nSPS) is 7.80. The zero-order valence-electron chi connectivity index (χ0n) is 10.5. The molecule has 0 aliphatic heterocycles. The number of carbonyl (C=O) groups excluding carboxylic acids is 1. The molecule has 0 saturated carbocycles. The third kappa shape index (κ3) is 10.6. The molecule has 0 saturated heterocycles. The fourth-order valence-electron chi connectivity index (χ4n) is 0.856. The lowest BCUT2D eigenvalue weighted by molar-refractivity contribution is -0.114. The summed E-state index contributed by atoms with van der Waals surface area (Å²) >= 11 is 0. The highest BCUT2D eigenvalue weighted by molar-refractivity contribution is 5.72. The number of ketones is 1. The van der Waals surface area contributed by atoms with Gasteiger partial charge in [0.15, 0.2) is 0 Å². The second kappa shape index (κ2) is 10.8. The van der Waals surface area contributed by atoms with Crippen molar-refractivity contribution < 1.29 is 4.79 Å². The molecule has 1 rings (SSSR count). The molecule has 0 radical (unpaired) electrons. The Labute approximate surface area is 93.5 Å². The van der Waals surface area contributed by atoms with Gasteiger partial charge in [0.25, 0.3) is 0 Å². The number of hydrogen-bond acceptors (Lipinski definition) is 2. The highest BCUT2D eigenvalue weighted by Crippen LogP contribution is 2.09. The van der Waals surface area contributed by atoms with Crippen LogP contribution in [0.4, 0.5) is 5.69 Å². The number of Topliss-reactive ketones (excluding diaryl/α,β-unsaturated/α-hetero) is 1. The number of nitrogens with two attached hydrogens (primary N) is 1. The fraction of sp³-hybridized carbons (Fsp3) is 0.462. The monoisotopic (exact) mass is 209 g/mol. The highest BCUT2D eigenvalue weighted by atomic mass is 16.1. The van der Waals surface area contributed by atoms with Crippen LogP contribution < -0.4 is 5.73 Å². The molecule has 0 atom stereocenters. The molecule has 0 fully saturated rings. The van der Waals surface area contributed by atoms with Crippen molar-refractivity contribution in [3.8, 4) is 0 Å². The zero-order valence-corrected chi connectivity index (χ0v) is 10.5. The van der Waals surface area contributed by atoms with Gasteiger partial charge in [0.2, 0.25) is 0 Å². The van der Waals surface area contributed by atoms with Crippen LogP contribution in [-0.4, -0.2) is 5.78 Å². The topological polar surface area (TPSA) is 43.1 Å². The third-order valence-corrected chi connectivity index (χ3v) is 1.44. The molecule has 2 heteroatoms. The van der Waals surface area contributed by atoms with Crippen molar-refractivity contribution in [1.82, 2.24) is 0 Å². The molecule has 0 unspecified atom stereocenters. The van der Waals surface area contributed by atoms with Crippen LogP contribution in [0.2, 0.25) is 0 Å². The molecule has 1 aromatic carbocycles. The van der Waals surface area contributed by atoms with Gasteiger partial charge in [-0.05, 0) is 31.9 Å². The van der Waals surface area contributed by atoms with Gasteiger partial charge in [0, 0.05) is 5.69 Å². The van der Waals surface area contributed by atoms with Gasteiger partial charge in [-0.1, -0.05) is 39.0 Å². The summed E-state index contributed by atoms with van der Waals surface area (Å²) in [5, 5.41) is 0. The minimum atomic E-state index is 0.167. The Morgan fingerprint density at radius 1 is 1.20 bits per heavy atom. The molecule has 0 heterocycles. The minimum absolute atomic E-state index is 0.167. The van der Waals surface area contributed by atoms with Gasteiger partial charge < -0.3 is 10.5 Å². The van der Waals surface area contributed by atoms with Crippen LogP contribution in [0.5, 0.6) is 0 Å². The molecule has 2 N–H and O–H groups in total. The summed E-state index contributed by atoms with van der Waals surface area (Å²) in [6, 6.07) is 7.94. The second-order valence-electron chi connectivity index (χ2n) is 2.96. The number of nitrogen functional groups attached to an aromatic ring is 1. The summed E-state index contributed by atoms with van der Waals surface area (Å²) in [5.74, 6) is 0.167. The number of hydrogen-bond donors (Lipinski definition) is 1. The average Bonchev–Trinajstić information content (AvgIpc) is 2.21. The van der Waals surface area contributed by atoms with Gasteiger partial charge in [-0.3, -0.25) is 0 Å². The van der Waals surface area contributed by atoms with E-state index < -0.39 is 0 Å². The number of anilines is 1. The predicted octanol–water partition coefficient (Wildman–Crippen LogP) is 3.45. The van der Waals surface area contributed by atoms with Gasteiger partial charge in [-0.2, -0.15) is 0 Å². The van der Waals surface area contributed by atoms with Crippen LogP contribution in [-0.2, 0) is 11.2 Å². The van der Waals surface area contributed by atoms with E-state index in [1.807, 2.05) is 32.0 Å². The van der Waals surface area contributed by atoms with Crippen LogP contribution in [0.15, 0.2) is 24.3 Å². The maximum absolute atomic E-state index is 9.44. The fourth-order valence-corrected chi connectivity index (χ4v) is 0.856. The maximum Gasteiger partial charge on any atom is 0.126 e. The van der Waals surface area contributed by atoms with Crippen LogP contribution in [0.3, 0.4) is 0 Å². The van der Waals surface area contributed by atoms with Crippen LogP contribution in [0.25, 0.3) is 0 Å². The van der Waals surface area contributed by atoms with E-state index in [2.05, 4.69) is 13.0 Å². The van der Waals surface area contributed by atoms with Gasteiger partial charge in [-0.25, -0.2) is 0 Å². The Morgan fingerprint density at radius 2 is 1.60 bits per heavy atom. The lowest BCUT2D eigenvalue weighted by Crippen LogP contribution is -1.90. The van der Waals surface area contributed by atoms with E-state index in [1.165, 1.54) is 19.4 Å². The summed E-state index contributed by atoms with van der Waals surface area (Å²) < 4.78 is 0. The lowest BCUT2D eigenvalue weighted by Gasteiger charge is -1.98. The molecule has 2 nitrogen and oxygen atoms in total. The Hall–Kier alpha value is -1.31. The van der Waals surface area contributed by atoms with Crippen LogP contribution >= 0.6 is 0 Å². The van der Waals surface area contributed by atoms with Gasteiger partial charge in [0.05, 0.1) is 0 Å². The first-order valence-electron chi connectivity index (χ1n) is 5.38. The largest absolute Gasteiger partial charge is 0.399 e. The minimum Gasteiger partial charge on any atom is -0.399 e. The molecule has 0 aliphatic rings. The van der Waals surface area contributed by atoms with Crippen molar-refractivity contribution in [3.63, 3.8) is 0 Å². The number of aryl methyl sites for hydroxylation is 1. The second-order valence-corrected chi connectivity index (χ2v) is 2.96. The van der Waals surface area contributed by atoms with Gasteiger partial charge in [0.1, 0.15) is 5.78 Å². The first-order chi connectivity index (χ1) is 7.07. The van der Waals surface area contributed by atoms with Crippen molar-refractivity contribution in [2.24, 2.45) is 0 Å². The maximum atomic E-state index is 9.44. The molecular weight excluding hydrogens is 186 g/mol. The predicted molar refractivity (Wildman–Crippen MR) is 67.9 cm³/mol. The van der Waals surface area contributed by atoms with Gasteiger partial charge >= 0.3 is 0 Å². The summed E-state index contributed by atoms with van der Waals surface area (Å²) in [6.45, 7) is 9.16. The summed E-state index contributed by atoms with van der Waals surface area (Å²) in [4.78, 5) is 9.44. The first-order valence-corrected chi connectivity index (χ1v) is 5.38. The van der Waals surface area contributed by atoms with E-state index in [4.69, 9.17) is 5.73 Å². The van der Waals surface area contributed by atoms with Crippen LogP contribution in [0, 0.1) is 0 Å². The average molecular weight is 209 g/mol. The van der Waals surface area contributed by atoms with E-state index >= 15 is 0 Å². The van der Waals surface area contributed by atoms with E-state index in [1.54, 1.807) is 0 Å². The first kappa shape index (κ1) is 16.1. The zero-order chi connectivity index (χ0) is 12.3. The van der Waals surface area contributed by atoms with E-state index in [9.17, 15) is 4.79 Å². The SMILES string of the molecule is CC.CC(C)=O.CCc1ccccc1N. The third-order valence-electron chi connectivity index (χ3n) is 1.44. The number of carbonyl (C=O) groups is 1. The van der Waals surface area contributed by atoms with E-state index in [0.29, 0.717) is 0 Å². The number of benzene rings is 1. The van der Waals surface area contributed by atoms with E-state index in [0.717, 1.165) is 12.1 Å². The number of para-hydroxylation sites is 1. The molecule has 15 heavy (non-hydrogen) atoms. The number of rotatable bonds is 1. The molecule has 86 valence electrons. The lowest BCUT2D eigenvalue weighted by atomic mass is 10.1. The quantitative estimate of drug-likeness (QED) is 0.720. The summed E-state index contributed by atoms with van der Waals surface area (Å²) in [5.41, 5.74) is 7.77. The van der Waals surface area contributed by atoms with Crippen molar-refractivity contribution in [3.05, 3.63) is 29.8 Å². The van der Waals surface area contributed by atoms with Crippen molar-refractivity contribution in [2.75, 3.05) is 5.73 Å². The summed E-state index contributed by atoms with van der Waals surface area (Å²) in [7, 11) is 0. The molecular formula is C13H23NO. The Balaban J connectivity index is 0. The molecule has 0 spiro atoms. The molecule has 0 aromatic heterocycles. The Morgan fingerprint density at radius 3 is 1.87 bits per heavy atom. The summed E-state index contributed by atoms with van der Waals surface area (Å²) in [6.07, 6.45) is 1.02. The molecule has 0 aliphatic carbocycles. The van der Waals surface area contributed by atoms with Crippen molar-refractivity contribution in [2.45, 2.75) is 41.0 Å². The molecule has 1 aromatic rings. The highest BCUT2D eigenvalue weighted by Gasteiger charge is 1.90. The molecule has 0 bridgehead atoms. The van der Waals surface area contributed by atoms with Gasteiger partial charge in [-0.15, -0.1) is 0 Å². The van der Waals surface area contributed by atoms with Crippen LogP contribution in [0.1, 0.15) is 40.2 Å². The van der Waals surface area contributed by atoms with Crippen molar-refractivity contribution in [1.29, 1.82) is 0 Å². The molecule has 0 amide bonds.